The summed E-state index contributed by atoms with van der Waals surface area (Å²) >= 11 is 6.13. The van der Waals surface area contributed by atoms with Crippen molar-refractivity contribution in [1.29, 1.82) is 0 Å². The minimum absolute atomic E-state index is 0.348. The maximum absolute atomic E-state index is 13.4. The molecule has 0 radical (unpaired) electrons. The van der Waals surface area contributed by atoms with E-state index in [9.17, 15) is 4.39 Å². The Balaban J connectivity index is 2.52. The van der Waals surface area contributed by atoms with Crippen LogP contribution in [-0.4, -0.2) is 9.78 Å². The fraction of sp³-hybridized carbons (Fsp3) is 0.308. The SMILES string of the molecule is CCn1nc(C)cc1C(NN)c1cc(F)ccc1Cl. The van der Waals surface area contributed by atoms with E-state index in [0.29, 0.717) is 17.1 Å². The van der Waals surface area contributed by atoms with Gasteiger partial charge in [0.25, 0.3) is 0 Å². The summed E-state index contributed by atoms with van der Waals surface area (Å²) in [6.45, 7) is 4.58. The average Bonchev–Trinajstić information content (AvgIpc) is 2.76. The first-order chi connectivity index (χ1) is 9.06. The van der Waals surface area contributed by atoms with Gasteiger partial charge in [-0.05, 0) is 43.7 Å². The van der Waals surface area contributed by atoms with Gasteiger partial charge in [-0.1, -0.05) is 11.6 Å². The Morgan fingerprint density at radius 3 is 2.84 bits per heavy atom. The lowest BCUT2D eigenvalue weighted by atomic mass is 10.0. The van der Waals surface area contributed by atoms with Gasteiger partial charge in [0.05, 0.1) is 17.4 Å². The van der Waals surface area contributed by atoms with Gasteiger partial charge in [-0.25, -0.2) is 9.82 Å². The van der Waals surface area contributed by atoms with Gasteiger partial charge < -0.3 is 0 Å². The van der Waals surface area contributed by atoms with E-state index in [0.717, 1.165) is 11.4 Å². The molecular weight excluding hydrogens is 267 g/mol. The van der Waals surface area contributed by atoms with Crippen molar-refractivity contribution >= 4 is 11.6 Å². The van der Waals surface area contributed by atoms with Crippen LogP contribution in [0.3, 0.4) is 0 Å². The first-order valence-corrected chi connectivity index (χ1v) is 6.40. The predicted octanol–water partition coefficient (Wildman–Crippen LogP) is 2.56. The van der Waals surface area contributed by atoms with Crippen molar-refractivity contribution in [2.24, 2.45) is 5.84 Å². The Hall–Kier alpha value is -1.43. The highest BCUT2D eigenvalue weighted by molar-refractivity contribution is 6.31. The lowest BCUT2D eigenvalue weighted by Crippen LogP contribution is -2.31. The molecule has 1 aromatic heterocycles. The second-order valence-corrected chi connectivity index (χ2v) is 4.70. The van der Waals surface area contributed by atoms with Gasteiger partial charge in [0, 0.05) is 11.6 Å². The number of aromatic nitrogens is 2. The average molecular weight is 283 g/mol. The number of rotatable bonds is 4. The quantitative estimate of drug-likeness (QED) is 0.669. The number of nitrogens with one attached hydrogen (secondary N) is 1. The van der Waals surface area contributed by atoms with Crippen molar-refractivity contribution in [3.8, 4) is 0 Å². The third kappa shape index (κ3) is 2.78. The van der Waals surface area contributed by atoms with E-state index in [-0.39, 0.29) is 5.82 Å². The number of halogens is 2. The molecule has 1 heterocycles. The van der Waals surface area contributed by atoms with Crippen LogP contribution in [0.5, 0.6) is 0 Å². The smallest absolute Gasteiger partial charge is 0.123 e. The minimum atomic E-state index is -0.399. The largest absolute Gasteiger partial charge is 0.271 e. The summed E-state index contributed by atoms with van der Waals surface area (Å²) in [6, 6.07) is 5.74. The summed E-state index contributed by atoms with van der Waals surface area (Å²) in [7, 11) is 0. The molecular formula is C13H16ClFN4. The fourth-order valence-electron chi connectivity index (χ4n) is 2.12. The van der Waals surface area contributed by atoms with Crippen LogP contribution in [0.15, 0.2) is 24.3 Å². The second kappa shape index (κ2) is 5.69. The first kappa shape index (κ1) is 14.0. The molecule has 0 aliphatic carbocycles. The fourth-order valence-corrected chi connectivity index (χ4v) is 2.35. The van der Waals surface area contributed by atoms with Crippen LogP contribution >= 0.6 is 11.6 Å². The van der Waals surface area contributed by atoms with E-state index in [1.54, 1.807) is 0 Å². The minimum Gasteiger partial charge on any atom is -0.271 e. The Morgan fingerprint density at radius 1 is 1.47 bits per heavy atom. The van der Waals surface area contributed by atoms with Gasteiger partial charge in [-0.15, -0.1) is 0 Å². The number of hydrogen-bond donors (Lipinski definition) is 2. The molecule has 1 aromatic carbocycles. The molecule has 0 bridgehead atoms. The highest BCUT2D eigenvalue weighted by atomic mass is 35.5. The molecule has 1 unspecified atom stereocenters. The number of benzene rings is 1. The van der Waals surface area contributed by atoms with Crippen molar-refractivity contribution < 1.29 is 4.39 Å². The third-order valence-corrected chi connectivity index (χ3v) is 3.31. The molecule has 0 saturated heterocycles. The summed E-state index contributed by atoms with van der Waals surface area (Å²) in [5.41, 5.74) is 5.01. The Morgan fingerprint density at radius 2 is 2.21 bits per heavy atom. The van der Waals surface area contributed by atoms with Crippen molar-refractivity contribution in [2.45, 2.75) is 26.4 Å². The standard InChI is InChI=1S/C13H16ClFN4/c1-3-19-12(6-8(2)18-19)13(17-16)10-7-9(15)4-5-11(10)14/h4-7,13,17H,3,16H2,1-2H3. The van der Waals surface area contributed by atoms with Crippen molar-refractivity contribution in [3.63, 3.8) is 0 Å². The van der Waals surface area contributed by atoms with Crippen LogP contribution < -0.4 is 11.3 Å². The summed E-state index contributed by atoms with van der Waals surface area (Å²) in [5, 5.41) is 4.82. The van der Waals surface area contributed by atoms with Gasteiger partial charge in [0.15, 0.2) is 0 Å². The van der Waals surface area contributed by atoms with Crippen LogP contribution in [0.4, 0.5) is 4.39 Å². The monoisotopic (exact) mass is 282 g/mol. The molecule has 2 rings (SSSR count). The Labute approximate surface area is 116 Å². The van der Waals surface area contributed by atoms with Crippen LogP contribution in [0.1, 0.15) is 29.9 Å². The van der Waals surface area contributed by atoms with E-state index < -0.39 is 6.04 Å². The molecule has 4 nitrogen and oxygen atoms in total. The highest BCUT2D eigenvalue weighted by Crippen LogP contribution is 2.29. The number of nitrogens with two attached hydrogens (primary N) is 1. The van der Waals surface area contributed by atoms with Crippen LogP contribution in [0.2, 0.25) is 5.02 Å². The van der Waals surface area contributed by atoms with E-state index in [2.05, 4.69) is 10.5 Å². The van der Waals surface area contributed by atoms with E-state index in [1.807, 2.05) is 24.6 Å². The molecule has 1 atom stereocenters. The number of hydrogen-bond acceptors (Lipinski definition) is 3. The Bertz CT molecular complexity index is 582. The van der Waals surface area contributed by atoms with Gasteiger partial charge in [0.2, 0.25) is 0 Å². The van der Waals surface area contributed by atoms with Crippen molar-refractivity contribution in [2.75, 3.05) is 0 Å². The van der Waals surface area contributed by atoms with Gasteiger partial charge in [-0.3, -0.25) is 10.5 Å². The Kier molecular flexibility index (Phi) is 4.19. The maximum atomic E-state index is 13.4. The molecule has 0 fully saturated rings. The van der Waals surface area contributed by atoms with Crippen molar-refractivity contribution in [1.82, 2.24) is 15.2 Å². The summed E-state index contributed by atoms with van der Waals surface area (Å²) in [6.07, 6.45) is 0. The van der Waals surface area contributed by atoms with Gasteiger partial charge in [-0.2, -0.15) is 5.10 Å². The molecule has 102 valence electrons. The van der Waals surface area contributed by atoms with E-state index in [4.69, 9.17) is 17.4 Å². The van der Waals surface area contributed by atoms with Crippen LogP contribution in [0, 0.1) is 12.7 Å². The zero-order chi connectivity index (χ0) is 14.0. The van der Waals surface area contributed by atoms with E-state index in [1.165, 1.54) is 18.2 Å². The summed E-state index contributed by atoms with van der Waals surface area (Å²) in [4.78, 5) is 0. The molecule has 0 aliphatic heterocycles. The normalized spacial score (nSPS) is 12.7. The maximum Gasteiger partial charge on any atom is 0.123 e. The van der Waals surface area contributed by atoms with Crippen molar-refractivity contribution in [3.05, 3.63) is 52.1 Å². The second-order valence-electron chi connectivity index (χ2n) is 4.29. The van der Waals surface area contributed by atoms with Gasteiger partial charge in [0.1, 0.15) is 5.82 Å². The molecule has 0 saturated carbocycles. The zero-order valence-electron chi connectivity index (χ0n) is 10.8. The molecule has 0 amide bonds. The van der Waals surface area contributed by atoms with Gasteiger partial charge >= 0.3 is 0 Å². The number of aryl methyl sites for hydroxylation is 2. The van der Waals surface area contributed by atoms with Crippen LogP contribution in [0.25, 0.3) is 0 Å². The zero-order valence-corrected chi connectivity index (χ0v) is 11.6. The van der Waals surface area contributed by atoms with Crippen LogP contribution in [-0.2, 0) is 6.54 Å². The lowest BCUT2D eigenvalue weighted by molar-refractivity contribution is 0.538. The number of hydrazine groups is 1. The molecule has 2 aromatic rings. The topological polar surface area (TPSA) is 55.9 Å². The molecule has 19 heavy (non-hydrogen) atoms. The molecule has 0 aliphatic rings. The summed E-state index contributed by atoms with van der Waals surface area (Å²) in [5.74, 6) is 5.27. The predicted molar refractivity (Wildman–Crippen MR) is 73.2 cm³/mol. The number of nitrogens with zero attached hydrogens (tertiary/aromatic N) is 2. The molecule has 6 heteroatoms. The molecule has 0 spiro atoms. The third-order valence-electron chi connectivity index (χ3n) is 2.96. The molecule has 3 N–H and O–H groups in total. The first-order valence-electron chi connectivity index (χ1n) is 6.02. The summed E-state index contributed by atoms with van der Waals surface area (Å²) < 4.78 is 15.2. The highest BCUT2D eigenvalue weighted by Gasteiger charge is 2.20. The lowest BCUT2D eigenvalue weighted by Gasteiger charge is -2.18. The van der Waals surface area contributed by atoms with E-state index >= 15 is 0 Å².